The molecule has 0 saturated heterocycles. The second kappa shape index (κ2) is 10.1. The lowest BCUT2D eigenvalue weighted by molar-refractivity contribution is -0.140. The maximum absolute atomic E-state index is 12.8. The summed E-state index contributed by atoms with van der Waals surface area (Å²) >= 11 is 6.21. The lowest BCUT2D eigenvalue weighted by Crippen LogP contribution is -2.43. The van der Waals surface area contributed by atoms with Crippen molar-refractivity contribution < 1.29 is 19.1 Å². The van der Waals surface area contributed by atoms with Crippen LogP contribution in [0.15, 0.2) is 59.3 Å². The second-order valence-electron chi connectivity index (χ2n) is 8.19. The lowest BCUT2D eigenvalue weighted by atomic mass is 9.94. The molecule has 0 atom stereocenters. The first-order valence-electron chi connectivity index (χ1n) is 11.0. The molecule has 1 aliphatic carbocycles. The maximum atomic E-state index is 12.8. The number of carbonyl (C=O) groups is 3. The maximum Gasteiger partial charge on any atom is 0.278 e. The molecule has 0 unspecified atom stereocenters. The number of methoxy groups -OCH3 is 1. The van der Waals surface area contributed by atoms with E-state index in [1.165, 1.54) is 4.90 Å². The molecule has 2 aromatic carbocycles. The van der Waals surface area contributed by atoms with E-state index in [1.54, 1.807) is 55.6 Å². The molecular weight excluding hydrogens is 442 g/mol. The van der Waals surface area contributed by atoms with Crippen LogP contribution in [0.5, 0.6) is 5.75 Å². The standard InChI is InChI=1S/C25H26ClN3O4/c1-33-20-13-11-18(12-14-20)28-23(30)17-9-7-16(8-10-17)15-27-22-21(26)24(31)29(25(22)32)19-5-3-2-4-6-19/h7-14,19,27H,2-6,15H2,1H3,(H,28,30). The number of hydrogen-bond acceptors (Lipinski definition) is 5. The van der Waals surface area contributed by atoms with Crippen LogP contribution in [0.1, 0.15) is 48.0 Å². The summed E-state index contributed by atoms with van der Waals surface area (Å²) in [6, 6.07) is 14.0. The van der Waals surface area contributed by atoms with Gasteiger partial charge in [-0.2, -0.15) is 0 Å². The van der Waals surface area contributed by atoms with Crippen molar-refractivity contribution in [3.63, 3.8) is 0 Å². The summed E-state index contributed by atoms with van der Waals surface area (Å²) < 4.78 is 5.12. The molecule has 1 heterocycles. The first-order valence-corrected chi connectivity index (χ1v) is 11.4. The van der Waals surface area contributed by atoms with Crippen molar-refractivity contribution in [2.75, 3.05) is 12.4 Å². The molecule has 3 amide bonds. The quantitative estimate of drug-likeness (QED) is 0.596. The zero-order chi connectivity index (χ0) is 23.4. The Hall–Kier alpha value is -3.32. The van der Waals surface area contributed by atoms with Gasteiger partial charge in [-0.15, -0.1) is 0 Å². The Balaban J connectivity index is 1.35. The van der Waals surface area contributed by atoms with Gasteiger partial charge in [0, 0.05) is 23.8 Å². The normalized spacial score (nSPS) is 16.8. The number of hydrogen-bond donors (Lipinski definition) is 2. The highest BCUT2D eigenvalue weighted by atomic mass is 35.5. The van der Waals surface area contributed by atoms with Gasteiger partial charge in [-0.05, 0) is 54.8 Å². The van der Waals surface area contributed by atoms with E-state index in [0.29, 0.717) is 23.5 Å². The molecule has 1 saturated carbocycles. The summed E-state index contributed by atoms with van der Waals surface area (Å²) in [4.78, 5) is 39.2. The minimum Gasteiger partial charge on any atom is -0.497 e. The third-order valence-corrected chi connectivity index (χ3v) is 6.38. The largest absolute Gasteiger partial charge is 0.497 e. The zero-order valence-corrected chi connectivity index (χ0v) is 19.2. The van der Waals surface area contributed by atoms with Crippen LogP contribution in [-0.2, 0) is 16.1 Å². The molecule has 4 rings (SSSR count). The van der Waals surface area contributed by atoms with Crippen molar-refractivity contribution in [2.45, 2.75) is 44.7 Å². The molecule has 0 radical (unpaired) electrons. The molecule has 7 nitrogen and oxygen atoms in total. The van der Waals surface area contributed by atoms with Crippen molar-refractivity contribution in [3.05, 3.63) is 70.4 Å². The molecule has 2 N–H and O–H groups in total. The van der Waals surface area contributed by atoms with Gasteiger partial charge >= 0.3 is 0 Å². The topological polar surface area (TPSA) is 87.7 Å². The summed E-state index contributed by atoms with van der Waals surface area (Å²) in [6.45, 7) is 0.309. The van der Waals surface area contributed by atoms with Crippen LogP contribution in [0.4, 0.5) is 5.69 Å². The first-order chi connectivity index (χ1) is 16.0. The summed E-state index contributed by atoms with van der Waals surface area (Å²) in [5.74, 6) is -0.288. The average Bonchev–Trinajstić information content (AvgIpc) is 3.06. The Morgan fingerprint density at radius 1 is 1.00 bits per heavy atom. The van der Waals surface area contributed by atoms with Crippen molar-refractivity contribution in [2.24, 2.45) is 0 Å². The second-order valence-corrected chi connectivity index (χ2v) is 8.57. The molecular formula is C25H26ClN3O4. The third kappa shape index (κ3) is 5.03. The fourth-order valence-electron chi connectivity index (χ4n) is 4.19. The predicted octanol–water partition coefficient (Wildman–Crippen LogP) is 4.19. The van der Waals surface area contributed by atoms with E-state index in [-0.39, 0.29) is 28.6 Å². The van der Waals surface area contributed by atoms with E-state index in [2.05, 4.69) is 10.6 Å². The molecule has 2 aliphatic rings. The monoisotopic (exact) mass is 467 g/mol. The summed E-state index contributed by atoms with van der Waals surface area (Å²) in [7, 11) is 1.59. The van der Waals surface area contributed by atoms with Crippen LogP contribution >= 0.6 is 11.6 Å². The molecule has 1 fully saturated rings. The molecule has 1 aliphatic heterocycles. The highest BCUT2D eigenvalue weighted by molar-refractivity contribution is 6.47. The van der Waals surface area contributed by atoms with Gasteiger partial charge in [-0.25, -0.2) is 0 Å². The number of rotatable bonds is 7. The Morgan fingerprint density at radius 2 is 1.67 bits per heavy atom. The van der Waals surface area contributed by atoms with Crippen LogP contribution < -0.4 is 15.4 Å². The molecule has 2 aromatic rings. The number of carbonyl (C=O) groups excluding carboxylic acids is 3. The summed E-state index contributed by atoms with van der Waals surface area (Å²) in [5.41, 5.74) is 2.17. The van der Waals surface area contributed by atoms with E-state index in [0.717, 1.165) is 37.7 Å². The number of amides is 3. The Labute approximate surface area is 197 Å². The van der Waals surface area contributed by atoms with Gasteiger partial charge in [0.25, 0.3) is 17.7 Å². The van der Waals surface area contributed by atoms with Gasteiger partial charge in [-0.3, -0.25) is 19.3 Å². The Bertz CT molecular complexity index is 1070. The average molecular weight is 468 g/mol. The van der Waals surface area contributed by atoms with Crippen LogP contribution in [0.2, 0.25) is 0 Å². The smallest absolute Gasteiger partial charge is 0.278 e. The van der Waals surface area contributed by atoms with Crippen LogP contribution in [0.25, 0.3) is 0 Å². The number of ether oxygens (including phenoxy) is 1. The van der Waals surface area contributed by atoms with Gasteiger partial charge in [0.2, 0.25) is 0 Å². The number of nitrogens with one attached hydrogen (secondary N) is 2. The predicted molar refractivity (Wildman–Crippen MR) is 126 cm³/mol. The number of halogens is 1. The van der Waals surface area contributed by atoms with E-state index < -0.39 is 5.91 Å². The minimum absolute atomic E-state index is 0.0546. The van der Waals surface area contributed by atoms with Crippen molar-refractivity contribution >= 4 is 35.0 Å². The van der Waals surface area contributed by atoms with Gasteiger partial charge in [-0.1, -0.05) is 43.0 Å². The molecule has 0 aromatic heterocycles. The number of imide groups is 1. The number of benzene rings is 2. The van der Waals surface area contributed by atoms with E-state index in [4.69, 9.17) is 16.3 Å². The van der Waals surface area contributed by atoms with Crippen molar-refractivity contribution in [3.8, 4) is 5.75 Å². The van der Waals surface area contributed by atoms with E-state index >= 15 is 0 Å². The van der Waals surface area contributed by atoms with Crippen LogP contribution in [-0.4, -0.2) is 35.8 Å². The first kappa shape index (κ1) is 22.9. The summed E-state index contributed by atoms with van der Waals surface area (Å²) in [6.07, 6.45) is 4.82. The van der Waals surface area contributed by atoms with Crippen LogP contribution in [0.3, 0.4) is 0 Å². The molecule has 172 valence electrons. The SMILES string of the molecule is COc1ccc(NC(=O)c2ccc(CNC3=C(Cl)C(=O)N(C4CCCCC4)C3=O)cc2)cc1. The summed E-state index contributed by atoms with van der Waals surface area (Å²) in [5, 5.41) is 5.80. The number of anilines is 1. The zero-order valence-electron chi connectivity index (χ0n) is 18.4. The number of nitrogens with zero attached hydrogens (tertiary/aromatic N) is 1. The third-order valence-electron chi connectivity index (χ3n) is 6.03. The van der Waals surface area contributed by atoms with Crippen molar-refractivity contribution in [1.29, 1.82) is 0 Å². The Morgan fingerprint density at radius 3 is 2.30 bits per heavy atom. The Kier molecular flexibility index (Phi) is 6.99. The van der Waals surface area contributed by atoms with E-state index in [1.807, 2.05) is 0 Å². The molecule has 0 spiro atoms. The highest BCUT2D eigenvalue weighted by Gasteiger charge is 2.41. The molecule has 0 bridgehead atoms. The highest BCUT2D eigenvalue weighted by Crippen LogP contribution is 2.30. The van der Waals surface area contributed by atoms with E-state index in [9.17, 15) is 14.4 Å². The molecule has 33 heavy (non-hydrogen) atoms. The van der Waals surface area contributed by atoms with Gasteiger partial charge in [0.05, 0.1) is 7.11 Å². The minimum atomic E-state index is -0.415. The van der Waals surface area contributed by atoms with Gasteiger partial charge in [0.15, 0.2) is 0 Å². The fourth-order valence-corrected chi connectivity index (χ4v) is 4.42. The van der Waals surface area contributed by atoms with Crippen molar-refractivity contribution in [1.82, 2.24) is 10.2 Å². The van der Waals surface area contributed by atoms with Gasteiger partial charge in [0.1, 0.15) is 16.5 Å². The fraction of sp³-hybridized carbons (Fsp3) is 0.320. The lowest BCUT2D eigenvalue weighted by Gasteiger charge is -2.29. The van der Waals surface area contributed by atoms with Crippen LogP contribution in [0, 0.1) is 0 Å². The molecule has 8 heteroatoms. The van der Waals surface area contributed by atoms with Gasteiger partial charge < -0.3 is 15.4 Å².